The molecule has 2 aromatic rings. The average molecular weight is 573 g/mol. The fourth-order valence-corrected chi connectivity index (χ4v) is 3.20. The zero-order valence-electron chi connectivity index (χ0n) is 20.8. The van der Waals surface area contributed by atoms with Crippen LogP contribution in [0.4, 0.5) is 5.69 Å². The summed E-state index contributed by atoms with van der Waals surface area (Å²) in [6.45, 7) is 7.79. The molecule has 0 saturated heterocycles. The van der Waals surface area contributed by atoms with E-state index in [-0.39, 0.29) is 24.0 Å². The summed E-state index contributed by atoms with van der Waals surface area (Å²) in [6, 6.07) is 10.4. The number of anilines is 1. The Bertz CT molecular complexity index is 799. The van der Waals surface area contributed by atoms with Gasteiger partial charge in [-0.2, -0.15) is 0 Å². The molecule has 2 N–H and O–H groups in total. The first-order chi connectivity index (χ1) is 15.5. The van der Waals surface area contributed by atoms with Crippen LogP contribution in [-0.2, 0) is 18.3 Å². The van der Waals surface area contributed by atoms with Crippen molar-refractivity contribution in [3.63, 3.8) is 0 Å². The minimum Gasteiger partial charge on any atom is -0.385 e. The highest BCUT2D eigenvalue weighted by Crippen LogP contribution is 2.10. The van der Waals surface area contributed by atoms with Gasteiger partial charge in [0.2, 0.25) is 0 Å². The van der Waals surface area contributed by atoms with E-state index in [1.54, 1.807) is 7.11 Å². The lowest BCUT2D eigenvalue weighted by molar-refractivity contribution is 0.180. The number of benzene rings is 1. The molecule has 0 fully saturated rings. The molecule has 1 aromatic carbocycles. The zero-order chi connectivity index (χ0) is 23.2. The summed E-state index contributed by atoms with van der Waals surface area (Å²) < 4.78 is 7.10. The molecule has 0 spiro atoms. The van der Waals surface area contributed by atoms with Crippen molar-refractivity contribution in [2.24, 2.45) is 12.0 Å². The third-order valence-electron chi connectivity index (χ3n) is 5.40. The number of ether oxygens (including phenoxy) is 1. The van der Waals surface area contributed by atoms with Crippen molar-refractivity contribution in [2.45, 2.75) is 26.3 Å². The number of aryl methyl sites for hydroxylation is 1. The minimum atomic E-state index is 0. The lowest BCUT2D eigenvalue weighted by Gasteiger charge is -2.20. The van der Waals surface area contributed by atoms with Crippen LogP contribution >= 0.6 is 24.0 Å². The molecule has 33 heavy (non-hydrogen) atoms. The summed E-state index contributed by atoms with van der Waals surface area (Å²) in [6.07, 6.45) is 2.04. The molecule has 0 aliphatic heterocycles. The number of nitrogens with zero attached hydrogens (tertiary/aromatic N) is 6. The lowest BCUT2D eigenvalue weighted by atomic mass is 10.3. The van der Waals surface area contributed by atoms with Crippen LogP contribution in [0.25, 0.3) is 0 Å². The van der Waals surface area contributed by atoms with Gasteiger partial charge in [0.05, 0.1) is 0 Å². The Labute approximate surface area is 216 Å². The van der Waals surface area contributed by atoms with Crippen LogP contribution in [0.5, 0.6) is 0 Å². The quantitative estimate of drug-likeness (QED) is 0.156. The molecule has 0 radical (unpaired) electrons. The molecule has 1 heterocycles. The normalized spacial score (nSPS) is 11.4. The summed E-state index contributed by atoms with van der Waals surface area (Å²) in [5.41, 5.74) is 1.23. The van der Waals surface area contributed by atoms with Crippen molar-refractivity contribution >= 4 is 35.6 Å². The van der Waals surface area contributed by atoms with E-state index in [0.717, 1.165) is 69.8 Å². The first kappa shape index (κ1) is 29.1. The highest BCUT2D eigenvalue weighted by atomic mass is 127. The van der Waals surface area contributed by atoms with Crippen LogP contribution < -0.4 is 15.5 Å². The second-order valence-electron chi connectivity index (χ2n) is 8.00. The van der Waals surface area contributed by atoms with Gasteiger partial charge in [0, 0.05) is 66.2 Å². The maximum atomic E-state index is 5.13. The second-order valence-corrected chi connectivity index (χ2v) is 8.00. The number of rotatable bonds is 14. The number of likely N-dealkylation sites (N-methyl/N-ethyl adjacent to an activating group) is 1. The largest absolute Gasteiger partial charge is 0.385 e. The number of aromatic nitrogens is 3. The highest BCUT2D eigenvalue weighted by Gasteiger charge is 2.06. The number of aliphatic imine (C=N–C) groups is 1. The maximum Gasteiger partial charge on any atom is 0.191 e. The summed E-state index contributed by atoms with van der Waals surface area (Å²) in [5.74, 6) is 2.54. The van der Waals surface area contributed by atoms with Gasteiger partial charge in [-0.3, -0.25) is 0 Å². The number of methoxy groups -OCH3 is 1. The van der Waals surface area contributed by atoms with Crippen LogP contribution in [-0.4, -0.2) is 86.2 Å². The Hall–Kier alpha value is -1.92. The van der Waals surface area contributed by atoms with Gasteiger partial charge in [0.25, 0.3) is 0 Å². The van der Waals surface area contributed by atoms with Gasteiger partial charge in [-0.05, 0) is 38.9 Å². The van der Waals surface area contributed by atoms with Crippen LogP contribution in [0.15, 0.2) is 35.3 Å². The summed E-state index contributed by atoms with van der Waals surface area (Å²) in [7, 11) is 7.96. The Morgan fingerprint density at radius 3 is 2.42 bits per heavy atom. The van der Waals surface area contributed by atoms with E-state index in [2.05, 4.69) is 69.0 Å². The van der Waals surface area contributed by atoms with E-state index in [1.165, 1.54) is 5.69 Å². The molecule has 0 bridgehead atoms. The molecular weight excluding hydrogens is 531 g/mol. The molecule has 0 aliphatic carbocycles. The predicted octanol–water partition coefficient (Wildman–Crippen LogP) is 2.27. The van der Waals surface area contributed by atoms with Crippen LogP contribution in [0.1, 0.15) is 24.5 Å². The zero-order valence-corrected chi connectivity index (χ0v) is 23.1. The molecule has 9 nitrogen and oxygen atoms in total. The van der Waals surface area contributed by atoms with Gasteiger partial charge in [-0.25, -0.2) is 4.99 Å². The Kier molecular flexibility index (Phi) is 14.7. The highest BCUT2D eigenvalue weighted by molar-refractivity contribution is 14.0. The molecule has 0 unspecified atom stereocenters. The number of guanidine groups is 1. The van der Waals surface area contributed by atoms with Crippen molar-refractivity contribution in [3.05, 3.63) is 42.0 Å². The van der Waals surface area contributed by atoms with E-state index in [0.29, 0.717) is 6.54 Å². The van der Waals surface area contributed by atoms with Gasteiger partial charge < -0.3 is 29.7 Å². The van der Waals surface area contributed by atoms with Gasteiger partial charge in [-0.1, -0.05) is 18.2 Å². The summed E-state index contributed by atoms with van der Waals surface area (Å²) in [4.78, 5) is 9.30. The monoisotopic (exact) mass is 572 g/mol. The van der Waals surface area contributed by atoms with Crippen molar-refractivity contribution in [1.29, 1.82) is 0 Å². The van der Waals surface area contributed by atoms with Crippen LogP contribution in [0.2, 0.25) is 0 Å². The van der Waals surface area contributed by atoms with E-state index in [4.69, 9.17) is 9.73 Å². The van der Waals surface area contributed by atoms with Crippen molar-refractivity contribution in [3.8, 4) is 0 Å². The summed E-state index contributed by atoms with van der Waals surface area (Å²) >= 11 is 0. The SMILES string of the molecule is COCCCN(C)CCNC(=NCc1nnc(C)n1C)NCCCN(C)c1ccccc1.I. The summed E-state index contributed by atoms with van der Waals surface area (Å²) in [5, 5.41) is 15.3. The second kappa shape index (κ2) is 16.7. The number of hydrogen-bond acceptors (Lipinski definition) is 6. The van der Waals surface area contributed by atoms with Crippen molar-refractivity contribution in [2.75, 3.05) is 65.4 Å². The van der Waals surface area contributed by atoms with Crippen LogP contribution in [0.3, 0.4) is 0 Å². The minimum absolute atomic E-state index is 0. The van der Waals surface area contributed by atoms with Gasteiger partial charge in [0.1, 0.15) is 12.4 Å². The van der Waals surface area contributed by atoms with Crippen molar-refractivity contribution in [1.82, 2.24) is 30.3 Å². The molecule has 2 rings (SSSR count). The first-order valence-corrected chi connectivity index (χ1v) is 11.3. The first-order valence-electron chi connectivity index (χ1n) is 11.3. The van der Waals surface area contributed by atoms with Gasteiger partial charge in [-0.15, -0.1) is 34.2 Å². The molecule has 0 aliphatic rings. The number of nitrogens with one attached hydrogen (secondary N) is 2. The third-order valence-corrected chi connectivity index (χ3v) is 5.40. The Morgan fingerprint density at radius 2 is 1.76 bits per heavy atom. The van der Waals surface area contributed by atoms with Crippen molar-refractivity contribution < 1.29 is 4.74 Å². The average Bonchev–Trinajstić information content (AvgIpc) is 3.12. The molecule has 10 heteroatoms. The fourth-order valence-electron chi connectivity index (χ4n) is 3.20. The van der Waals surface area contributed by atoms with Gasteiger partial charge >= 0.3 is 0 Å². The number of halogens is 1. The fraction of sp³-hybridized carbons (Fsp3) is 0.609. The smallest absolute Gasteiger partial charge is 0.191 e. The molecule has 0 saturated carbocycles. The van der Waals surface area contributed by atoms with E-state index in [1.807, 2.05) is 24.6 Å². The number of hydrogen-bond donors (Lipinski definition) is 2. The molecule has 0 amide bonds. The Morgan fingerprint density at radius 1 is 1.03 bits per heavy atom. The third kappa shape index (κ3) is 11.2. The van der Waals surface area contributed by atoms with E-state index < -0.39 is 0 Å². The Balaban J connectivity index is 0.00000544. The number of para-hydroxylation sites is 1. The lowest BCUT2D eigenvalue weighted by Crippen LogP contribution is -2.42. The maximum absolute atomic E-state index is 5.13. The topological polar surface area (TPSA) is 82.8 Å². The molecular formula is C23H41IN8O. The molecule has 0 atom stereocenters. The molecule has 1 aromatic heterocycles. The molecule has 186 valence electrons. The predicted molar refractivity (Wildman–Crippen MR) is 147 cm³/mol. The standard InChI is InChI=1S/C23H40N8O.HI/c1-20-27-28-22(31(20)4)19-26-23(25-14-17-29(2)15-10-18-32-5)24-13-9-16-30(3)21-11-7-6-8-12-21;/h6-8,11-12H,9-10,13-19H2,1-5H3,(H2,24,25,26);1H. The van der Waals surface area contributed by atoms with Crippen LogP contribution in [0, 0.1) is 6.92 Å². The van der Waals surface area contributed by atoms with E-state index >= 15 is 0 Å². The van der Waals surface area contributed by atoms with E-state index in [9.17, 15) is 0 Å². The van der Waals surface area contributed by atoms with Gasteiger partial charge in [0.15, 0.2) is 11.8 Å².